The Morgan fingerprint density at radius 1 is 1.08 bits per heavy atom. The highest BCUT2D eigenvalue weighted by molar-refractivity contribution is 6.62. The van der Waals surface area contributed by atoms with Crippen LogP contribution in [0, 0.1) is 24.2 Å². The lowest BCUT2D eigenvalue weighted by Crippen LogP contribution is -2.41. The molecule has 2 aliphatic heterocycles. The topological polar surface area (TPSA) is 21.7 Å². The minimum absolute atomic E-state index is 0.299. The van der Waals surface area contributed by atoms with E-state index in [2.05, 4.69) is 25.3 Å². The summed E-state index contributed by atoms with van der Waals surface area (Å²) < 4.78 is 27.1. The Hall–Kier alpha value is -0.905. The molecule has 3 rings (SSSR count). The highest BCUT2D eigenvalue weighted by Gasteiger charge is 2.52. The zero-order valence-electron chi connectivity index (χ0n) is 16.2. The van der Waals surface area contributed by atoms with Crippen molar-refractivity contribution in [2.24, 2.45) is 11.8 Å². The van der Waals surface area contributed by atoms with Crippen molar-refractivity contribution in [1.29, 1.82) is 0 Å². The molecule has 1 aromatic carbocycles. The van der Waals surface area contributed by atoms with E-state index in [0.717, 1.165) is 13.1 Å². The Balaban J connectivity index is 1.79. The van der Waals surface area contributed by atoms with Gasteiger partial charge in [-0.1, -0.05) is 32.0 Å². The maximum absolute atomic E-state index is 15.1. The molecular weight excluding hydrogens is 316 g/mol. The van der Waals surface area contributed by atoms with Gasteiger partial charge in [-0.3, -0.25) is 4.90 Å². The van der Waals surface area contributed by atoms with Gasteiger partial charge in [-0.05, 0) is 46.0 Å². The number of rotatable bonds is 3. The molecule has 0 saturated carbocycles. The highest BCUT2D eigenvalue weighted by atomic mass is 19.1. The van der Waals surface area contributed by atoms with Crippen molar-refractivity contribution < 1.29 is 13.7 Å². The number of likely N-dealkylation sites (tertiary alicyclic amines) is 1. The molecule has 0 amide bonds. The Labute approximate surface area is 152 Å². The van der Waals surface area contributed by atoms with E-state index >= 15 is 4.39 Å². The fourth-order valence-electron chi connectivity index (χ4n) is 3.71. The molecule has 2 unspecified atom stereocenters. The zero-order chi connectivity index (χ0) is 18.4. The SMILES string of the molecule is CC1CC(C)CN([C]c2cccc(B3OC(C)(C)C(C)(C)O3)c2F)C1. The first kappa shape index (κ1) is 18.9. The highest BCUT2D eigenvalue weighted by Crippen LogP contribution is 2.36. The number of hydrogen-bond acceptors (Lipinski definition) is 3. The van der Waals surface area contributed by atoms with E-state index in [4.69, 9.17) is 9.31 Å². The number of piperidine rings is 1. The molecule has 2 heterocycles. The van der Waals surface area contributed by atoms with Crippen LogP contribution >= 0.6 is 0 Å². The van der Waals surface area contributed by atoms with Crippen molar-refractivity contribution in [2.45, 2.75) is 59.2 Å². The molecule has 2 aliphatic rings. The molecule has 2 fully saturated rings. The third kappa shape index (κ3) is 3.79. The van der Waals surface area contributed by atoms with Gasteiger partial charge in [0.1, 0.15) is 5.82 Å². The molecule has 0 spiro atoms. The summed E-state index contributed by atoms with van der Waals surface area (Å²) in [4.78, 5) is 2.12. The van der Waals surface area contributed by atoms with Gasteiger partial charge in [-0.25, -0.2) is 4.39 Å². The summed E-state index contributed by atoms with van der Waals surface area (Å²) in [5, 5.41) is 0. The summed E-state index contributed by atoms with van der Waals surface area (Å²) in [5.41, 5.74) is -0.0356. The molecule has 1 aromatic rings. The fraction of sp³-hybridized carbons (Fsp3) is 0.650. The number of halogens is 1. The average Bonchev–Trinajstić information content (AvgIpc) is 2.68. The van der Waals surface area contributed by atoms with Gasteiger partial charge >= 0.3 is 7.12 Å². The van der Waals surface area contributed by atoms with Crippen LogP contribution in [-0.4, -0.2) is 36.3 Å². The lowest BCUT2D eigenvalue weighted by molar-refractivity contribution is 0.00578. The van der Waals surface area contributed by atoms with E-state index in [1.54, 1.807) is 12.1 Å². The van der Waals surface area contributed by atoms with Crippen LogP contribution in [0.4, 0.5) is 4.39 Å². The summed E-state index contributed by atoms with van der Waals surface area (Å²) in [6.07, 6.45) is 1.22. The van der Waals surface area contributed by atoms with Crippen molar-refractivity contribution >= 4 is 12.6 Å². The largest absolute Gasteiger partial charge is 0.497 e. The molecule has 2 atom stereocenters. The summed E-state index contributed by atoms with van der Waals surface area (Å²) in [6.45, 7) is 17.5. The van der Waals surface area contributed by atoms with Crippen molar-refractivity contribution in [1.82, 2.24) is 4.90 Å². The molecule has 2 saturated heterocycles. The van der Waals surface area contributed by atoms with Gasteiger partial charge in [0.2, 0.25) is 0 Å². The summed E-state index contributed by atoms with van der Waals surface area (Å²) in [6, 6.07) is 5.36. The molecular formula is C20H29BFNO2. The Morgan fingerprint density at radius 2 is 1.64 bits per heavy atom. The van der Waals surface area contributed by atoms with Gasteiger partial charge < -0.3 is 9.31 Å². The number of nitrogens with zero attached hydrogens (tertiary/aromatic N) is 1. The van der Waals surface area contributed by atoms with E-state index in [1.165, 1.54) is 6.42 Å². The maximum Gasteiger partial charge on any atom is 0.497 e. The molecule has 0 N–H and O–H groups in total. The van der Waals surface area contributed by atoms with Crippen LogP contribution < -0.4 is 5.46 Å². The quantitative estimate of drug-likeness (QED) is 0.783. The van der Waals surface area contributed by atoms with Crippen LogP contribution in [0.3, 0.4) is 0 Å². The predicted octanol–water partition coefficient (Wildman–Crippen LogP) is 3.49. The molecule has 5 heteroatoms. The third-order valence-electron chi connectivity index (χ3n) is 5.68. The van der Waals surface area contributed by atoms with Crippen LogP contribution in [0.25, 0.3) is 0 Å². The van der Waals surface area contributed by atoms with Crippen LogP contribution in [0.15, 0.2) is 18.2 Å². The molecule has 2 radical (unpaired) electrons. The zero-order valence-corrected chi connectivity index (χ0v) is 16.2. The first-order chi connectivity index (χ1) is 11.6. The van der Waals surface area contributed by atoms with E-state index in [1.807, 2.05) is 33.8 Å². The number of benzene rings is 1. The van der Waals surface area contributed by atoms with E-state index in [9.17, 15) is 0 Å². The third-order valence-corrected chi connectivity index (χ3v) is 5.68. The second-order valence-corrected chi connectivity index (χ2v) is 8.76. The second-order valence-electron chi connectivity index (χ2n) is 8.76. The van der Waals surface area contributed by atoms with Gasteiger partial charge in [0.15, 0.2) is 0 Å². The van der Waals surface area contributed by atoms with Crippen LogP contribution in [0.5, 0.6) is 0 Å². The van der Waals surface area contributed by atoms with Crippen LogP contribution in [0.2, 0.25) is 0 Å². The first-order valence-electron chi connectivity index (χ1n) is 9.25. The standard InChI is InChI=1S/C20H29BFNO2/c1-14-10-15(2)12-23(11-14)13-16-8-7-9-17(18(16)22)21-24-19(3,4)20(5,6)25-21/h7-9,14-15H,10-12H2,1-6H3. The van der Waals surface area contributed by atoms with E-state index in [-0.39, 0.29) is 5.82 Å². The maximum atomic E-state index is 15.1. The van der Waals surface area contributed by atoms with E-state index < -0.39 is 18.3 Å². The van der Waals surface area contributed by atoms with Gasteiger partial charge in [0, 0.05) is 24.1 Å². The van der Waals surface area contributed by atoms with Crippen molar-refractivity contribution in [3.63, 3.8) is 0 Å². The van der Waals surface area contributed by atoms with Crippen molar-refractivity contribution in [3.8, 4) is 0 Å². The average molecular weight is 345 g/mol. The minimum atomic E-state index is -0.689. The second kappa shape index (κ2) is 6.68. The summed E-state index contributed by atoms with van der Waals surface area (Å²) >= 11 is 0. The van der Waals surface area contributed by atoms with E-state index in [0.29, 0.717) is 22.9 Å². The Bertz CT molecular complexity index is 608. The molecule has 3 nitrogen and oxygen atoms in total. The van der Waals surface area contributed by atoms with Crippen LogP contribution in [0.1, 0.15) is 53.5 Å². The normalized spacial score (nSPS) is 29.2. The van der Waals surface area contributed by atoms with Gasteiger partial charge in [-0.15, -0.1) is 0 Å². The Morgan fingerprint density at radius 3 is 2.20 bits per heavy atom. The smallest absolute Gasteiger partial charge is 0.399 e. The van der Waals surface area contributed by atoms with Crippen molar-refractivity contribution in [3.05, 3.63) is 36.1 Å². The van der Waals surface area contributed by atoms with Crippen molar-refractivity contribution in [2.75, 3.05) is 13.1 Å². The van der Waals surface area contributed by atoms with Crippen LogP contribution in [-0.2, 0) is 9.31 Å². The lowest BCUT2D eigenvalue weighted by Gasteiger charge is -2.34. The number of hydrogen-bond donors (Lipinski definition) is 0. The molecule has 25 heavy (non-hydrogen) atoms. The monoisotopic (exact) mass is 345 g/mol. The van der Waals surface area contributed by atoms with Gasteiger partial charge in [-0.2, -0.15) is 0 Å². The summed E-state index contributed by atoms with van der Waals surface area (Å²) in [7, 11) is -0.689. The Kier molecular flexibility index (Phi) is 5.04. The molecule has 136 valence electrons. The summed E-state index contributed by atoms with van der Waals surface area (Å²) in [5.74, 6) is 0.906. The first-order valence-corrected chi connectivity index (χ1v) is 9.25. The molecule has 0 aromatic heterocycles. The lowest BCUT2D eigenvalue weighted by atomic mass is 9.77. The van der Waals surface area contributed by atoms with Gasteiger partial charge in [0.25, 0.3) is 0 Å². The molecule has 0 aliphatic carbocycles. The van der Waals surface area contributed by atoms with Gasteiger partial charge in [0.05, 0.1) is 17.7 Å². The minimum Gasteiger partial charge on any atom is -0.399 e. The fourth-order valence-corrected chi connectivity index (χ4v) is 3.71. The predicted molar refractivity (Wildman–Crippen MR) is 99.0 cm³/mol. The molecule has 0 bridgehead atoms.